The highest BCUT2D eigenvalue weighted by molar-refractivity contribution is 7.99. The molecule has 0 atom stereocenters. The normalized spacial score (nSPS) is 11.1. The Morgan fingerprint density at radius 1 is 1.32 bits per heavy atom. The fourth-order valence-electron chi connectivity index (χ4n) is 2.37. The number of nitrogens with one attached hydrogen (secondary N) is 1. The number of carbonyl (C=O) groups excluding carboxylic acids is 1. The summed E-state index contributed by atoms with van der Waals surface area (Å²) in [6.07, 6.45) is 0. The number of benzene rings is 1. The molecule has 0 unspecified atom stereocenters. The maximum Gasteiger partial charge on any atom is 0.329 e. The summed E-state index contributed by atoms with van der Waals surface area (Å²) in [5.41, 5.74) is 0.0404. The van der Waals surface area contributed by atoms with Gasteiger partial charge in [-0.3, -0.25) is 14.3 Å². The van der Waals surface area contributed by atoms with Gasteiger partial charge in [0.1, 0.15) is 0 Å². The largest absolute Gasteiger partial charge is 0.549 e. The van der Waals surface area contributed by atoms with E-state index < -0.39 is 17.2 Å². The molecule has 130 valence electrons. The van der Waals surface area contributed by atoms with Crippen LogP contribution in [-0.2, 0) is 18.4 Å². The van der Waals surface area contributed by atoms with Crippen molar-refractivity contribution in [3.8, 4) is 0 Å². The number of hydrogen-bond donors (Lipinski definition) is 1. The van der Waals surface area contributed by atoms with Crippen molar-refractivity contribution < 1.29 is 9.90 Å². The molecule has 0 fully saturated rings. The molecule has 0 bridgehead atoms. The maximum atomic E-state index is 12.3. The van der Waals surface area contributed by atoms with Crippen molar-refractivity contribution in [2.24, 2.45) is 7.05 Å². The van der Waals surface area contributed by atoms with Gasteiger partial charge >= 0.3 is 5.69 Å². The average Bonchev–Trinajstić information content (AvgIpc) is 2.92. The van der Waals surface area contributed by atoms with Crippen molar-refractivity contribution in [3.05, 3.63) is 55.7 Å². The Kier molecular flexibility index (Phi) is 4.69. The van der Waals surface area contributed by atoms with Crippen LogP contribution in [0.4, 0.5) is 0 Å². The minimum Gasteiger partial charge on any atom is -0.549 e. The van der Waals surface area contributed by atoms with Crippen LogP contribution in [-0.4, -0.2) is 30.8 Å². The molecule has 2 aromatic heterocycles. The van der Waals surface area contributed by atoms with Crippen molar-refractivity contribution in [1.29, 1.82) is 0 Å². The summed E-state index contributed by atoms with van der Waals surface area (Å²) in [4.78, 5) is 41.3. The number of carbonyl (C=O) groups is 1. The summed E-state index contributed by atoms with van der Waals surface area (Å²) in [5.74, 6) is -1.58. The number of carboxylic acids is 1. The molecular formula is C15H12ClN4O4S-. The van der Waals surface area contributed by atoms with Crippen LogP contribution < -0.4 is 16.4 Å². The summed E-state index contributed by atoms with van der Waals surface area (Å²) >= 11 is 6.80. The third-order valence-electron chi connectivity index (χ3n) is 3.55. The van der Waals surface area contributed by atoms with Gasteiger partial charge in [-0.15, -0.1) is 0 Å². The number of rotatable bonds is 5. The lowest BCUT2D eigenvalue weighted by atomic mass is 10.2. The van der Waals surface area contributed by atoms with E-state index in [1.807, 2.05) is 0 Å². The first-order valence-electron chi connectivity index (χ1n) is 7.13. The average molecular weight is 380 g/mol. The third-order valence-corrected chi connectivity index (χ3v) is 4.75. The van der Waals surface area contributed by atoms with E-state index in [4.69, 9.17) is 11.6 Å². The fraction of sp³-hybridized carbons (Fsp3) is 0.200. The van der Waals surface area contributed by atoms with Crippen LogP contribution in [0.25, 0.3) is 11.2 Å². The van der Waals surface area contributed by atoms with Gasteiger partial charge in [0.05, 0.1) is 12.5 Å². The molecule has 25 heavy (non-hydrogen) atoms. The molecule has 0 amide bonds. The number of aliphatic carboxylic acids is 1. The summed E-state index contributed by atoms with van der Waals surface area (Å²) in [6, 6.07) is 7.00. The molecule has 1 N–H and O–H groups in total. The number of fused-ring (bicyclic) bond motifs is 1. The zero-order valence-electron chi connectivity index (χ0n) is 13.0. The number of halogens is 1. The van der Waals surface area contributed by atoms with Crippen molar-refractivity contribution >= 4 is 40.5 Å². The van der Waals surface area contributed by atoms with E-state index in [-0.39, 0.29) is 23.5 Å². The Labute approximate surface area is 150 Å². The summed E-state index contributed by atoms with van der Waals surface area (Å²) in [6.45, 7) is 0.268. The smallest absolute Gasteiger partial charge is 0.329 e. The van der Waals surface area contributed by atoms with Gasteiger partial charge in [-0.25, -0.2) is 9.78 Å². The van der Waals surface area contributed by atoms with Gasteiger partial charge in [0, 0.05) is 17.8 Å². The van der Waals surface area contributed by atoms with E-state index in [9.17, 15) is 19.5 Å². The number of aromatic nitrogens is 4. The number of imidazole rings is 1. The number of hydrogen-bond acceptors (Lipinski definition) is 6. The number of aromatic amines is 1. The second kappa shape index (κ2) is 6.77. The van der Waals surface area contributed by atoms with Crippen molar-refractivity contribution in [1.82, 2.24) is 19.1 Å². The van der Waals surface area contributed by atoms with Crippen LogP contribution in [0.15, 0.2) is 39.0 Å². The molecule has 0 aliphatic carbocycles. The maximum absolute atomic E-state index is 12.3. The van der Waals surface area contributed by atoms with E-state index in [2.05, 4.69) is 9.97 Å². The first-order chi connectivity index (χ1) is 11.9. The number of thioether (sulfide) groups is 1. The topological polar surface area (TPSA) is 113 Å². The first kappa shape index (κ1) is 17.3. The fourth-order valence-corrected chi connectivity index (χ4v) is 3.20. The predicted molar refractivity (Wildman–Crippen MR) is 91.9 cm³/mol. The van der Waals surface area contributed by atoms with Gasteiger partial charge in [0.2, 0.25) is 0 Å². The minimum atomic E-state index is -1.25. The van der Waals surface area contributed by atoms with Gasteiger partial charge in [-0.2, -0.15) is 0 Å². The van der Waals surface area contributed by atoms with E-state index >= 15 is 0 Å². The molecule has 3 aromatic rings. The first-order valence-corrected chi connectivity index (χ1v) is 8.50. The van der Waals surface area contributed by atoms with Gasteiger partial charge in [0.25, 0.3) is 5.56 Å². The second-order valence-electron chi connectivity index (χ2n) is 5.26. The van der Waals surface area contributed by atoms with Crippen LogP contribution >= 0.6 is 23.4 Å². The van der Waals surface area contributed by atoms with Gasteiger partial charge in [-0.05, 0) is 17.7 Å². The summed E-state index contributed by atoms with van der Waals surface area (Å²) in [5, 5.41) is 11.7. The Morgan fingerprint density at radius 3 is 2.64 bits per heavy atom. The van der Waals surface area contributed by atoms with Crippen LogP contribution in [0.5, 0.6) is 0 Å². The van der Waals surface area contributed by atoms with Crippen molar-refractivity contribution in [2.45, 2.75) is 11.7 Å². The third kappa shape index (κ3) is 3.47. The predicted octanol–water partition coefficient (Wildman–Crippen LogP) is -0.0330. The lowest BCUT2D eigenvalue weighted by Gasteiger charge is -2.09. The van der Waals surface area contributed by atoms with Gasteiger partial charge < -0.3 is 14.5 Å². The minimum absolute atomic E-state index is 0.184. The van der Waals surface area contributed by atoms with Crippen LogP contribution in [0.2, 0.25) is 5.02 Å². The molecule has 0 radical (unpaired) electrons. The molecule has 0 saturated carbocycles. The number of H-pyrrole nitrogens is 1. The SMILES string of the molecule is Cn1c(=O)[nH]c(=O)c2c1nc(SCC(=O)[O-])n2Cc1ccc(Cl)cc1. The standard InChI is InChI=1S/C15H13ClN4O4S/c1-19-12-11(13(23)18-14(19)24)20(15(17-12)25-7-10(21)22)6-8-2-4-9(16)5-3-8/h2-5H,6-7H2,1H3,(H,21,22)(H,18,23,24)/p-1. The molecule has 0 saturated heterocycles. The molecule has 2 heterocycles. The highest BCUT2D eigenvalue weighted by Gasteiger charge is 2.18. The van der Waals surface area contributed by atoms with E-state index in [1.54, 1.807) is 28.8 Å². The number of nitrogens with zero attached hydrogens (tertiary/aromatic N) is 3. The summed E-state index contributed by atoms with van der Waals surface area (Å²) in [7, 11) is 1.48. The molecular weight excluding hydrogens is 368 g/mol. The van der Waals surface area contributed by atoms with Crippen LogP contribution in [0, 0.1) is 0 Å². The molecule has 10 heteroatoms. The molecule has 8 nitrogen and oxygen atoms in total. The van der Waals surface area contributed by atoms with E-state index in [0.717, 1.165) is 17.3 Å². The lowest BCUT2D eigenvalue weighted by molar-refractivity contribution is -0.301. The van der Waals surface area contributed by atoms with E-state index in [0.29, 0.717) is 10.2 Å². The summed E-state index contributed by atoms with van der Waals surface area (Å²) < 4.78 is 2.78. The second-order valence-corrected chi connectivity index (χ2v) is 6.64. The zero-order valence-corrected chi connectivity index (χ0v) is 14.6. The Hall–Kier alpha value is -2.52. The molecule has 0 spiro atoms. The lowest BCUT2D eigenvalue weighted by Crippen LogP contribution is -2.29. The van der Waals surface area contributed by atoms with E-state index in [1.165, 1.54) is 11.6 Å². The van der Waals surface area contributed by atoms with Crippen molar-refractivity contribution in [2.75, 3.05) is 5.75 Å². The Morgan fingerprint density at radius 2 is 2.00 bits per heavy atom. The Balaban J connectivity index is 2.18. The Bertz CT molecular complexity index is 1070. The van der Waals surface area contributed by atoms with Crippen LogP contribution in [0.1, 0.15) is 5.56 Å². The molecule has 3 rings (SSSR count). The zero-order chi connectivity index (χ0) is 18.1. The van der Waals surface area contributed by atoms with Gasteiger partial charge in [-0.1, -0.05) is 35.5 Å². The van der Waals surface area contributed by atoms with Gasteiger partial charge in [0.15, 0.2) is 16.3 Å². The molecule has 1 aromatic carbocycles. The monoisotopic (exact) mass is 379 g/mol. The molecule has 0 aliphatic heterocycles. The molecule has 0 aliphatic rings. The number of aryl methyl sites for hydroxylation is 1. The van der Waals surface area contributed by atoms with Crippen LogP contribution in [0.3, 0.4) is 0 Å². The quantitative estimate of drug-likeness (QED) is 0.623. The van der Waals surface area contributed by atoms with Crippen molar-refractivity contribution in [3.63, 3.8) is 0 Å². The number of carboxylic acid groups (broad SMARTS) is 1. The highest BCUT2D eigenvalue weighted by atomic mass is 35.5. The highest BCUT2D eigenvalue weighted by Crippen LogP contribution is 2.23.